The normalized spacial score (nSPS) is 17.3. The van der Waals surface area contributed by atoms with Crippen molar-refractivity contribution >= 4 is 0 Å². The smallest absolute Gasteiger partial charge is 0.119 e. The van der Waals surface area contributed by atoms with Crippen LogP contribution in [-0.4, -0.2) is 36.1 Å². The summed E-state index contributed by atoms with van der Waals surface area (Å²) in [6, 6.07) is 12.6. The highest BCUT2D eigenvalue weighted by molar-refractivity contribution is 5.28. The van der Waals surface area contributed by atoms with E-state index in [9.17, 15) is 0 Å². The first-order valence-electron chi connectivity index (χ1n) is 8.87. The molecule has 2 heterocycles. The van der Waals surface area contributed by atoms with Crippen molar-refractivity contribution in [2.75, 3.05) is 26.2 Å². The van der Waals surface area contributed by atoms with Crippen LogP contribution >= 0.6 is 0 Å². The van der Waals surface area contributed by atoms with E-state index in [0.717, 1.165) is 44.4 Å². The van der Waals surface area contributed by atoms with Gasteiger partial charge in [-0.3, -0.25) is 9.88 Å². The molecule has 4 nitrogen and oxygen atoms in total. The summed E-state index contributed by atoms with van der Waals surface area (Å²) in [5.74, 6) is 1.69. The Kier molecular flexibility index (Phi) is 6.21. The van der Waals surface area contributed by atoms with E-state index in [1.165, 1.54) is 17.5 Å². The van der Waals surface area contributed by atoms with E-state index in [0.29, 0.717) is 6.61 Å². The number of pyridine rings is 1. The summed E-state index contributed by atoms with van der Waals surface area (Å²) < 4.78 is 5.64. The number of hydrogen-bond acceptors (Lipinski definition) is 4. The third-order valence-electron chi connectivity index (χ3n) is 4.42. The summed E-state index contributed by atoms with van der Waals surface area (Å²) in [7, 11) is 0. The van der Waals surface area contributed by atoms with Crippen molar-refractivity contribution in [1.29, 1.82) is 0 Å². The van der Waals surface area contributed by atoms with Crippen LogP contribution in [0.4, 0.5) is 0 Å². The highest BCUT2D eigenvalue weighted by atomic mass is 16.5. The predicted molar refractivity (Wildman–Crippen MR) is 96.9 cm³/mol. The van der Waals surface area contributed by atoms with Crippen molar-refractivity contribution in [3.8, 4) is 5.75 Å². The van der Waals surface area contributed by atoms with E-state index in [1.807, 2.05) is 31.5 Å². The third-order valence-corrected chi connectivity index (χ3v) is 4.42. The van der Waals surface area contributed by atoms with E-state index in [-0.39, 0.29) is 0 Å². The van der Waals surface area contributed by atoms with Crippen LogP contribution < -0.4 is 10.1 Å². The van der Waals surface area contributed by atoms with Gasteiger partial charge in [0.05, 0.1) is 6.61 Å². The summed E-state index contributed by atoms with van der Waals surface area (Å²) in [6.45, 7) is 7.98. The molecule has 0 amide bonds. The second-order valence-electron chi connectivity index (χ2n) is 6.47. The van der Waals surface area contributed by atoms with Crippen LogP contribution in [0.3, 0.4) is 0 Å². The molecule has 1 aromatic carbocycles. The number of benzene rings is 1. The summed E-state index contributed by atoms with van der Waals surface area (Å²) >= 11 is 0. The Morgan fingerprint density at radius 3 is 2.83 bits per heavy atom. The number of rotatable bonds is 8. The Morgan fingerprint density at radius 2 is 2.08 bits per heavy atom. The minimum atomic E-state index is 0.705. The fourth-order valence-electron chi connectivity index (χ4n) is 3.33. The molecule has 3 rings (SSSR count). The minimum absolute atomic E-state index is 0.705. The van der Waals surface area contributed by atoms with Crippen LogP contribution in [0.2, 0.25) is 0 Å². The van der Waals surface area contributed by atoms with Gasteiger partial charge < -0.3 is 10.1 Å². The zero-order valence-electron chi connectivity index (χ0n) is 14.4. The molecular formula is C20H27N3O. The molecule has 0 radical (unpaired) electrons. The van der Waals surface area contributed by atoms with Crippen LogP contribution in [0.15, 0.2) is 48.8 Å². The first-order chi connectivity index (χ1) is 11.8. The van der Waals surface area contributed by atoms with Gasteiger partial charge in [0.25, 0.3) is 0 Å². The van der Waals surface area contributed by atoms with Crippen molar-refractivity contribution in [3.63, 3.8) is 0 Å². The van der Waals surface area contributed by atoms with Crippen LogP contribution in [0, 0.1) is 5.92 Å². The molecule has 1 aliphatic heterocycles. The third kappa shape index (κ3) is 5.05. The molecule has 1 saturated heterocycles. The van der Waals surface area contributed by atoms with Crippen molar-refractivity contribution in [2.45, 2.75) is 26.4 Å². The highest BCUT2D eigenvalue weighted by Gasteiger charge is 2.19. The summed E-state index contributed by atoms with van der Waals surface area (Å²) in [4.78, 5) is 6.78. The van der Waals surface area contributed by atoms with Gasteiger partial charge in [0.15, 0.2) is 0 Å². The van der Waals surface area contributed by atoms with Crippen molar-refractivity contribution < 1.29 is 4.74 Å². The number of nitrogens with one attached hydrogen (secondary N) is 1. The van der Waals surface area contributed by atoms with E-state index >= 15 is 0 Å². The fraction of sp³-hybridized carbons (Fsp3) is 0.450. The molecular weight excluding hydrogens is 298 g/mol. The first-order valence-corrected chi connectivity index (χ1v) is 8.87. The lowest BCUT2D eigenvalue weighted by atomic mass is 10.1. The maximum Gasteiger partial charge on any atom is 0.119 e. The Balaban J connectivity index is 1.69. The molecule has 1 atom stereocenters. The maximum atomic E-state index is 5.64. The van der Waals surface area contributed by atoms with E-state index < -0.39 is 0 Å². The van der Waals surface area contributed by atoms with Gasteiger partial charge in [-0.15, -0.1) is 0 Å². The van der Waals surface area contributed by atoms with Gasteiger partial charge in [0.2, 0.25) is 0 Å². The first kappa shape index (κ1) is 16.9. The zero-order valence-corrected chi connectivity index (χ0v) is 14.4. The molecule has 1 N–H and O–H groups in total. The molecule has 128 valence electrons. The molecule has 1 unspecified atom stereocenters. The largest absolute Gasteiger partial charge is 0.494 e. The highest BCUT2D eigenvalue weighted by Crippen LogP contribution is 2.18. The van der Waals surface area contributed by atoms with Gasteiger partial charge in [-0.05, 0) is 61.7 Å². The summed E-state index contributed by atoms with van der Waals surface area (Å²) in [6.07, 6.45) is 5.07. The van der Waals surface area contributed by atoms with Crippen LogP contribution in [-0.2, 0) is 13.1 Å². The monoisotopic (exact) mass is 325 g/mol. The minimum Gasteiger partial charge on any atom is -0.494 e. The molecule has 1 fully saturated rings. The lowest BCUT2D eigenvalue weighted by Crippen LogP contribution is -2.30. The molecule has 0 bridgehead atoms. The van der Waals surface area contributed by atoms with Crippen molar-refractivity contribution in [3.05, 3.63) is 59.9 Å². The lowest BCUT2D eigenvalue weighted by molar-refractivity contribution is 0.220. The van der Waals surface area contributed by atoms with Crippen LogP contribution in [0.25, 0.3) is 0 Å². The average Bonchev–Trinajstić information content (AvgIpc) is 3.09. The predicted octanol–water partition coefficient (Wildman–Crippen LogP) is 3.09. The second kappa shape index (κ2) is 8.81. The standard InChI is InChI=1S/C20H27N3O/c1-2-24-20-7-3-5-17(11-20)14-23(16-19-8-10-22-13-19)15-18-6-4-9-21-12-18/h3-7,9,11-12,19,22H,2,8,10,13-16H2,1H3. The van der Waals surface area contributed by atoms with Gasteiger partial charge in [-0.1, -0.05) is 18.2 Å². The Labute approximate surface area is 144 Å². The Hall–Kier alpha value is -1.91. The Bertz CT molecular complexity index is 611. The molecule has 24 heavy (non-hydrogen) atoms. The van der Waals surface area contributed by atoms with Gasteiger partial charge in [-0.25, -0.2) is 0 Å². The van der Waals surface area contributed by atoms with Crippen molar-refractivity contribution in [2.24, 2.45) is 5.92 Å². The second-order valence-corrected chi connectivity index (χ2v) is 6.47. The molecule has 1 aliphatic rings. The van der Waals surface area contributed by atoms with Crippen molar-refractivity contribution in [1.82, 2.24) is 15.2 Å². The van der Waals surface area contributed by atoms with Gasteiger partial charge >= 0.3 is 0 Å². The van der Waals surface area contributed by atoms with Crippen LogP contribution in [0.1, 0.15) is 24.5 Å². The number of aromatic nitrogens is 1. The van der Waals surface area contributed by atoms with Crippen LogP contribution in [0.5, 0.6) is 5.75 Å². The zero-order chi connectivity index (χ0) is 16.6. The van der Waals surface area contributed by atoms with Gasteiger partial charge in [-0.2, -0.15) is 0 Å². The maximum absolute atomic E-state index is 5.64. The number of ether oxygens (including phenoxy) is 1. The molecule has 2 aromatic rings. The molecule has 0 saturated carbocycles. The van der Waals surface area contributed by atoms with E-state index in [1.54, 1.807) is 0 Å². The average molecular weight is 325 g/mol. The summed E-state index contributed by atoms with van der Waals surface area (Å²) in [5, 5.41) is 3.47. The lowest BCUT2D eigenvalue weighted by Gasteiger charge is -2.25. The quantitative estimate of drug-likeness (QED) is 0.809. The summed E-state index contributed by atoms with van der Waals surface area (Å²) in [5.41, 5.74) is 2.57. The number of hydrogen-bond donors (Lipinski definition) is 1. The van der Waals surface area contributed by atoms with Gasteiger partial charge in [0.1, 0.15) is 5.75 Å². The molecule has 0 aliphatic carbocycles. The van der Waals surface area contributed by atoms with Gasteiger partial charge in [0, 0.05) is 32.0 Å². The molecule has 1 aromatic heterocycles. The Morgan fingerprint density at radius 1 is 1.21 bits per heavy atom. The van der Waals surface area contributed by atoms with E-state index in [4.69, 9.17) is 4.74 Å². The topological polar surface area (TPSA) is 37.4 Å². The number of nitrogens with zero attached hydrogens (tertiary/aromatic N) is 2. The molecule has 4 heteroatoms. The molecule has 0 spiro atoms. The fourth-order valence-corrected chi connectivity index (χ4v) is 3.33. The SMILES string of the molecule is CCOc1cccc(CN(Cc2cccnc2)CC2CCNC2)c1. The van der Waals surface area contributed by atoms with E-state index in [2.05, 4.69) is 39.5 Å².